The Labute approximate surface area is 145 Å². The molecule has 0 bridgehead atoms. The highest BCUT2D eigenvalue weighted by atomic mass is 19.4. The number of alkyl halides is 3. The number of carbonyl (C=O) groups excluding carboxylic acids is 1. The highest BCUT2D eigenvalue weighted by molar-refractivity contribution is 5.99. The van der Waals surface area contributed by atoms with Crippen molar-refractivity contribution in [2.75, 3.05) is 31.0 Å². The van der Waals surface area contributed by atoms with Crippen LogP contribution in [0.5, 0.6) is 11.5 Å². The van der Waals surface area contributed by atoms with E-state index in [0.717, 1.165) is 0 Å². The first-order valence-electron chi connectivity index (χ1n) is 7.39. The zero-order chi connectivity index (χ0) is 18.7. The normalized spacial score (nSPS) is 14.5. The van der Waals surface area contributed by atoms with E-state index in [9.17, 15) is 18.0 Å². The van der Waals surface area contributed by atoms with Crippen LogP contribution in [0.4, 0.5) is 29.5 Å². The summed E-state index contributed by atoms with van der Waals surface area (Å²) < 4.78 is 57.6. The van der Waals surface area contributed by atoms with Crippen molar-refractivity contribution in [3.05, 3.63) is 30.0 Å². The van der Waals surface area contributed by atoms with Crippen molar-refractivity contribution >= 4 is 17.6 Å². The molecule has 1 fully saturated rings. The Hall–Kier alpha value is -2.95. The van der Waals surface area contributed by atoms with E-state index in [0.29, 0.717) is 30.8 Å². The Balaban J connectivity index is 1.63. The van der Waals surface area contributed by atoms with Crippen LogP contribution >= 0.6 is 0 Å². The molecule has 0 aliphatic carbocycles. The van der Waals surface area contributed by atoms with Crippen molar-refractivity contribution < 1.29 is 36.7 Å². The number of rotatable bonds is 5. The second-order valence-corrected chi connectivity index (χ2v) is 5.29. The Kier molecular flexibility index (Phi) is 4.89. The molecule has 0 saturated carbocycles. The minimum Gasteiger partial charge on any atom is -0.494 e. The van der Waals surface area contributed by atoms with Crippen molar-refractivity contribution in [3.63, 3.8) is 0 Å². The van der Waals surface area contributed by atoms with E-state index in [4.69, 9.17) is 14.2 Å². The van der Waals surface area contributed by atoms with Gasteiger partial charge >= 0.3 is 12.2 Å². The number of urea groups is 1. The number of hydrogen-bond donors (Lipinski definition) is 2. The van der Waals surface area contributed by atoms with Gasteiger partial charge in [0, 0.05) is 12.1 Å². The highest BCUT2D eigenvalue weighted by Gasteiger charge is 2.35. The number of nitrogens with zero attached hydrogens (tertiary/aromatic N) is 1. The Morgan fingerprint density at radius 1 is 1.27 bits per heavy atom. The summed E-state index contributed by atoms with van der Waals surface area (Å²) >= 11 is 0. The van der Waals surface area contributed by atoms with Gasteiger partial charge in [0.1, 0.15) is 17.6 Å². The van der Waals surface area contributed by atoms with Crippen molar-refractivity contribution in [2.24, 2.45) is 0 Å². The van der Waals surface area contributed by atoms with Crippen LogP contribution < -0.4 is 20.1 Å². The number of ether oxygens (including phenoxy) is 3. The van der Waals surface area contributed by atoms with Gasteiger partial charge in [-0.15, -0.1) is 0 Å². The molecule has 2 N–H and O–H groups in total. The van der Waals surface area contributed by atoms with Gasteiger partial charge in [-0.2, -0.15) is 13.2 Å². The zero-order valence-corrected chi connectivity index (χ0v) is 13.4. The highest BCUT2D eigenvalue weighted by Crippen LogP contribution is 2.31. The van der Waals surface area contributed by atoms with E-state index >= 15 is 0 Å². The summed E-state index contributed by atoms with van der Waals surface area (Å²) in [6.07, 6.45) is -4.69. The molecule has 8 nitrogen and oxygen atoms in total. The maximum Gasteiger partial charge on any atom is 0.436 e. The molecule has 2 amide bonds. The molecule has 1 aliphatic heterocycles. The predicted octanol–water partition coefficient (Wildman–Crippen LogP) is 3.12. The number of benzene rings is 1. The minimum atomic E-state index is -4.66. The summed E-state index contributed by atoms with van der Waals surface area (Å²) in [5, 5.41) is 7.40. The Morgan fingerprint density at radius 3 is 2.62 bits per heavy atom. The van der Waals surface area contributed by atoms with Gasteiger partial charge in [0.05, 0.1) is 26.0 Å². The molecule has 26 heavy (non-hydrogen) atoms. The third kappa shape index (κ3) is 4.17. The molecule has 1 aromatic carbocycles. The molecule has 2 heterocycles. The second kappa shape index (κ2) is 7.12. The molecular formula is C15H14F3N3O5. The summed E-state index contributed by atoms with van der Waals surface area (Å²) in [6, 6.07) is 4.48. The molecule has 0 unspecified atom stereocenters. The first kappa shape index (κ1) is 17.9. The van der Waals surface area contributed by atoms with Gasteiger partial charge in [0.2, 0.25) is 5.88 Å². The molecule has 0 spiro atoms. The van der Waals surface area contributed by atoms with E-state index in [1.54, 1.807) is 12.1 Å². The lowest BCUT2D eigenvalue weighted by Crippen LogP contribution is -2.38. The number of amides is 2. The van der Waals surface area contributed by atoms with Crippen LogP contribution in [-0.4, -0.2) is 37.6 Å². The van der Waals surface area contributed by atoms with Gasteiger partial charge in [-0.1, -0.05) is 5.16 Å². The third-order valence-corrected chi connectivity index (χ3v) is 3.37. The lowest BCUT2D eigenvalue weighted by atomic mass is 10.2. The van der Waals surface area contributed by atoms with Crippen molar-refractivity contribution in [1.82, 2.24) is 5.16 Å². The average molecular weight is 373 g/mol. The minimum absolute atomic E-state index is 0.0314. The SMILES string of the molecule is COc1cc(OC2COC2)ccc1NC(=O)Nc1cc(C(F)(F)F)no1. The molecule has 1 aromatic heterocycles. The fourth-order valence-corrected chi connectivity index (χ4v) is 2.06. The number of carbonyl (C=O) groups is 1. The number of methoxy groups -OCH3 is 1. The summed E-state index contributed by atoms with van der Waals surface area (Å²) in [5.74, 6) is 0.399. The molecule has 0 atom stereocenters. The maximum atomic E-state index is 12.5. The third-order valence-electron chi connectivity index (χ3n) is 3.37. The van der Waals surface area contributed by atoms with Gasteiger partial charge in [-0.3, -0.25) is 5.32 Å². The Morgan fingerprint density at radius 2 is 2.04 bits per heavy atom. The van der Waals surface area contributed by atoms with Gasteiger partial charge in [-0.25, -0.2) is 4.79 Å². The van der Waals surface area contributed by atoms with E-state index in [2.05, 4.69) is 20.3 Å². The monoisotopic (exact) mass is 373 g/mol. The van der Waals surface area contributed by atoms with Gasteiger partial charge in [0.15, 0.2) is 5.69 Å². The molecule has 2 aromatic rings. The lowest BCUT2D eigenvalue weighted by molar-refractivity contribution is -0.142. The van der Waals surface area contributed by atoms with Crippen molar-refractivity contribution in [1.29, 1.82) is 0 Å². The first-order chi connectivity index (χ1) is 12.3. The lowest BCUT2D eigenvalue weighted by Gasteiger charge is -2.27. The van der Waals surface area contributed by atoms with Crippen molar-refractivity contribution in [2.45, 2.75) is 12.3 Å². The molecule has 1 saturated heterocycles. The van der Waals surface area contributed by atoms with E-state index in [1.807, 2.05) is 0 Å². The van der Waals surface area contributed by atoms with Crippen LogP contribution in [0.25, 0.3) is 0 Å². The number of anilines is 2. The van der Waals surface area contributed by atoms with E-state index < -0.39 is 23.8 Å². The first-order valence-corrected chi connectivity index (χ1v) is 7.39. The standard InChI is InChI=1S/C15H14F3N3O5/c1-23-11-4-8(25-9-6-24-7-9)2-3-10(11)19-14(22)20-13-5-12(21-26-13)15(16,17)18/h2-5,9H,6-7H2,1H3,(H2,19,20,22). The fraction of sp³-hybridized carbons (Fsp3) is 0.333. The van der Waals surface area contributed by atoms with Gasteiger partial charge < -0.3 is 24.1 Å². The molecule has 140 valence electrons. The Bertz CT molecular complexity index is 789. The predicted molar refractivity (Wildman–Crippen MR) is 82.4 cm³/mol. The van der Waals surface area contributed by atoms with Crippen LogP contribution in [0, 0.1) is 0 Å². The van der Waals surface area contributed by atoms with Crippen LogP contribution in [-0.2, 0) is 10.9 Å². The van der Waals surface area contributed by atoms with E-state index in [-0.39, 0.29) is 11.8 Å². The number of hydrogen-bond acceptors (Lipinski definition) is 6. The molecule has 11 heteroatoms. The molecule has 0 radical (unpaired) electrons. The molecular weight excluding hydrogens is 359 g/mol. The van der Waals surface area contributed by atoms with Gasteiger partial charge in [0.25, 0.3) is 0 Å². The largest absolute Gasteiger partial charge is 0.494 e. The smallest absolute Gasteiger partial charge is 0.436 e. The number of nitrogens with one attached hydrogen (secondary N) is 2. The summed E-state index contributed by atoms with van der Waals surface area (Å²) in [4.78, 5) is 11.9. The summed E-state index contributed by atoms with van der Waals surface area (Å²) in [6.45, 7) is 1.00. The maximum absolute atomic E-state index is 12.5. The fourth-order valence-electron chi connectivity index (χ4n) is 2.06. The van der Waals surface area contributed by atoms with Crippen molar-refractivity contribution in [3.8, 4) is 11.5 Å². The van der Waals surface area contributed by atoms with E-state index in [1.165, 1.54) is 13.2 Å². The van der Waals surface area contributed by atoms with Gasteiger partial charge in [-0.05, 0) is 12.1 Å². The zero-order valence-electron chi connectivity index (χ0n) is 13.4. The average Bonchev–Trinajstić information content (AvgIpc) is 3.00. The second-order valence-electron chi connectivity index (χ2n) is 5.29. The summed E-state index contributed by atoms with van der Waals surface area (Å²) in [7, 11) is 1.40. The summed E-state index contributed by atoms with van der Waals surface area (Å²) in [5.41, 5.74) is -0.954. The number of halogens is 3. The molecule has 3 rings (SSSR count). The van der Waals surface area contributed by atoms with Crippen LogP contribution in [0.1, 0.15) is 5.69 Å². The topological polar surface area (TPSA) is 94.8 Å². The number of aromatic nitrogens is 1. The quantitative estimate of drug-likeness (QED) is 0.836. The molecule has 1 aliphatic rings. The van der Waals surface area contributed by atoms with Crippen LogP contribution in [0.15, 0.2) is 28.8 Å². The van der Waals surface area contributed by atoms with Crippen LogP contribution in [0.2, 0.25) is 0 Å². The van der Waals surface area contributed by atoms with Crippen LogP contribution in [0.3, 0.4) is 0 Å².